The fraction of sp³-hybridized carbons (Fsp3) is 0.250. The van der Waals surface area contributed by atoms with Crippen molar-refractivity contribution in [3.63, 3.8) is 0 Å². The van der Waals surface area contributed by atoms with E-state index in [-0.39, 0.29) is 11.1 Å². The maximum Gasteiger partial charge on any atom is 0.266 e. The molecule has 116 valence electrons. The quantitative estimate of drug-likeness (QED) is 0.795. The normalized spacial score (nSPS) is 10.7. The molecule has 0 atom stereocenters. The number of rotatable bonds is 4. The summed E-state index contributed by atoms with van der Waals surface area (Å²) in [4.78, 5) is 18.8. The highest BCUT2D eigenvalue weighted by Gasteiger charge is 2.14. The maximum atomic E-state index is 11.7. The van der Waals surface area contributed by atoms with E-state index in [0.717, 1.165) is 16.8 Å². The molecular formula is C16H14N4O2S. The van der Waals surface area contributed by atoms with Crippen LogP contribution < -0.4 is 5.56 Å². The molecule has 0 aromatic carbocycles. The fourth-order valence-corrected chi connectivity index (χ4v) is 3.15. The van der Waals surface area contributed by atoms with Crippen LogP contribution in [0.5, 0.6) is 0 Å². The molecule has 0 spiro atoms. The number of pyridine rings is 1. The third kappa shape index (κ3) is 2.94. The van der Waals surface area contributed by atoms with Crippen molar-refractivity contribution in [3.8, 4) is 17.5 Å². The van der Waals surface area contributed by atoms with Crippen LogP contribution in [-0.2, 0) is 12.8 Å². The van der Waals surface area contributed by atoms with E-state index in [9.17, 15) is 4.79 Å². The summed E-state index contributed by atoms with van der Waals surface area (Å²) in [6, 6.07) is 3.90. The van der Waals surface area contributed by atoms with E-state index in [1.807, 2.05) is 29.8 Å². The molecule has 3 aromatic rings. The lowest BCUT2D eigenvalue weighted by Crippen LogP contribution is -2.16. The van der Waals surface area contributed by atoms with Gasteiger partial charge in [-0.05, 0) is 42.8 Å². The number of nitrogens with zero attached hydrogens (tertiary/aromatic N) is 3. The van der Waals surface area contributed by atoms with Gasteiger partial charge in [0.05, 0.1) is 0 Å². The second-order valence-corrected chi connectivity index (χ2v) is 5.97. The van der Waals surface area contributed by atoms with Gasteiger partial charge in [0.25, 0.3) is 5.56 Å². The van der Waals surface area contributed by atoms with Crippen LogP contribution in [0.3, 0.4) is 0 Å². The average molecular weight is 326 g/mol. The highest BCUT2D eigenvalue weighted by atomic mass is 32.1. The van der Waals surface area contributed by atoms with Crippen molar-refractivity contribution in [1.82, 2.24) is 15.1 Å². The molecule has 6 nitrogen and oxygen atoms in total. The molecule has 0 aliphatic carbocycles. The summed E-state index contributed by atoms with van der Waals surface area (Å²) in [5, 5.41) is 17.0. The number of hydrogen-bond acceptors (Lipinski definition) is 6. The van der Waals surface area contributed by atoms with Crippen LogP contribution >= 0.6 is 11.3 Å². The Morgan fingerprint density at radius 1 is 1.39 bits per heavy atom. The van der Waals surface area contributed by atoms with Gasteiger partial charge < -0.3 is 9.51 Å². The van der Waals surface area contributed by atoms with E-state index in [0.29, 0.717) is 30.1 Å². The van der Waals surface area contributed by atoms with Crippen molar-refractivity contribution in [2.24, 2.45) is 0 Å². The third-order valence-electron chi connectivity index (χ3n) is 3.76. The molecular weight excluding hydrogens is 312 g/mol. The van der Waals surface area contributed by atoms with Crippen molar-refractivity contribution in [2.45, 2.75) is 26.7 Å². The van der Waals surface area contributed by atoms with Gasteiger partial charge in [-0.2, -0.15) is 21.6 Å². The Labute approximate surface area is 136 Å². The molecule has 0 fully saturated rings. The topological polar surface area (TPSA) is 95.6 Å². The minimum absolute atomic E-state index is 0.162. The Kier molecular flexibility index (Phi) is 4.08. The van der Waals surface area contributed by atoms with E-state index >= 15 is 0 Å². The van der Waals surface area contributed by atoms with Crippen molar-refractivity contribution < 1.29 is 4.52 Å². The van der Waals surface area contributed by atoms with Gasteiger partial charge in [-0.25, -0.2) is 0 Å². The number of H-pyrrole nitrogens is 1. The Bertz CT molecular complexity index is 932. The first-order valence-corrected chi connectivity index (χ1v) is 8.02. The van der Waals surface area contributed by atoms with E-state index in [4.69, 9.17) is 9.78 Å². The van der Waals surface area contributed by atoms with Crippen LogP contribution in [0.15, 0.2) is 26.1 Å². The zero-order valence-corrected chi connectivity index (χ0v) is 13.5. The molecule has 3 heterocycles. The Morgan fingerprint density at radius 2 is 2.22 bits per heavy atom. The van der Waals surface area contributed by atoms with Crippen molar-refractivity contribution in [1.29, 1.82) is 5.26 Å². The standard InChI is InChI=1S/C16H14N4O2S/c1-9-12(10(2)18-16(21)13(9)7-17)3-4-14-19-15(20-22-14)11-5-6-23-8-11/h5-6,8H,3-4H2,1-2H3,(H,18,21). The number of aryl methyl sites for hydroxylation is 2. The summed E-state index contributed by atoms with van der Waals surface area (Å²) in [5.74, 6) is 1.11. The fourth-order valence-electron chi connectivity index (χ4n) is 2.52. The van der Waals surface area contributed by atoms with Gasteiger partial charge in [0.1, 0.15) is 11.6 Å². The highest BCUT2D eigenvalue weighted by molar-refractivity contribution is 7.08. The largest absolute Gasteiger partial charge is 0.339 e. The Balaban J connectivity index is 1.82. The lowest BCUT2D eigenvalue weighted by molar-refractivity contribution is 0.378. The lowest BCUT2D eigenvalue weighted by Gasteiger charge is -2.09. The van der Waals surface area contributed by atoms with Crippen molar-refractivity contribution >= 4 is 11.3 Å². The first-order valence-electron chi connectivity index (χ1n) is 7.07. The molecule has 0 saturated carbocycles. The van der Waals surface area contributed by atoms with Crippen LogP contribution in [0.1, 0.15) is 28.3 Å². The maximum absolute atomic E-state index is 11.7. The van der Waals surface area contributed by atoms with Gasteiger partial charge >= 0.3 is 0 Å². The first kappa shape index (κ1) is 15.2. The molecule has 0 unspecified atom stereocenters. The monoisotopic (exact) mass is 326 g/mol. The Morgan fingerprint density at radius 3 is 2.91 bits per heavy atom. The second kappa shape index (κ2) is 6.18. The SMILES string of the molecule is Cc1[nH]c(=O)c(C#N)c(C)c1CCc1nc(-c2ccsc2)no1. The molecule has 0 bridgehead atoms. The van der Waals surface area contributed by atoms with Crippen LogP contribution in [0.2, 0.25) is 0 Å². The minimum Gasteiger partial charge on any atom is -0.339 e. The molecule has 0 radical (unpaired) electrons. The Hall–Kier alpha value is -2.72. The predicted octanol–water partition coefficient (Wildman–Crippen LogP) is 2.76. The number of aromatic amines is 1. The van der Waals surface area contributed by atoms with E-state index < -0.39 is 0 Å². The summed E-state index contributed by atoms with van der Waals surface area (Å²) < 4.78 is 5.28. The van der Waals surface area contributed by atoms with Crippen molar-refractivity contribution in [3.05, 3.63) is 55.5 Å². The third-order valence-corrected chi connectivity index (χ3v) is 4.44. The van der Waals surface area contributed by atoms with E-state index in [1.165, 1.54) is 0 Å². The summed E-state index contributed by atoms with van der Waals surface area (Å²) in [7, 11) is 0. The molecule has 23 heavy (non-hydrogen) atoms. The number of thiophene rings is 1. The summed E-state index contributed by atoms with van der Waals surface area (Å²) >= 11 is 1.58. The zero-order valence-electron chi connectivity index (χ0n) is 12.7. The number of hydrogen-bond donors (Lipinski definition) is 1. The molecule has 3 aromatic heterocycles. The van der Waals surface area contributed by atoms with Crippen LogP contribution in [0, 0.1) is 25.2 Å². The summed E-state index contributed by atoms with van der Waals surface area (Å²) in [6.45, 7) is 3.62. The minimum atomic E-state index is -0.344. The molecule has 0 aliphatic rings. The van der Waals surface area contributed by atoms with Gasteiger partial charge in [0, 0.05) is 23.1 Å². The average Bonchev–Trinajstić information content (AvgIpc) is 3.18. The van der Waals surface area contributed by atoms with Gasteiger partial charge in [-0.15, -0.1) is 0 Å². The number of aromatic nitrogens is 3. The van der Waals surface area contributed by atoms with Crippen LogP contribution in [0.25, 0.3) is 11.4 Å². The number of nitriles is 1. The van der Waals surface area contributed by atoms with Gasteiger partial charge in [-0.1, -0.05) is 5.16 Å². The van der Waals surface area contributed by atoms with Gasteiger partial charge in [-0.3, -0.25) is 4.79 Å². The summed E-state index contributed by atoms with van der Waals surface area (Å²) in [6.07, 6.45) is 1.17. The summed E-state index contributed by atoms with van der Waals surface area (Å²) in [5.41, 5.74) is 3.18. The van der Waals surface area contributed by atoms with Crippen LogP contribution in [0.4, 0.5) is 0 Å². The highest BCUT2D eigenvalue weighted by Crippen LogP contribution is 2.20. The van der Waals surface area contributed by atoms with Crippen molar-refractivity contribution in [2.75, 3.05) is 0 Å². The molecule has 0 amide bonds. The van der Waals surface area contributed by atoms with Crippen LogP contribution in [-0.4, -0.2) is 15.1 Å². The first-order chi connectivity index (χ1) is 11.1. The smallest absolute Gasteiger partial charge is 0.266 e. The van der Waals surface area contributed by atoms with Gasteiger partial charge in [0.2, 0.25) is 11.7 Å². The van der Waals surface area contributed by atoms with Gasteiger partial charge in [0.15, 0.2) is 0 Å². The van der Waals surface area contributed by atoms with E-state index in [2.05, 4.69) is 15.1 Å². The second-order valence-electron chi connectivity index (χ2n) is 5.19. The lowest BCUT2D eigenvalue weighted by atomic mass is 9.99. The zero-order chi connectivity index (χ0) is 16.4. The molecule has 0 aliphatic heterocycles. The van der Waals surface area contributed by atoms with E-state index in [1.54, 1.807) is 18.3 Å². The molecule has 7 heteroatoms. The molecule has 1 N–H and O–H groups in total. The predicted molar refractivity (Wildman–Crippen MR) is 86.3 cm³/mol. The molecule has 3 rings (SSSR count). The number of nitrogens with one attached hydrogen (secondary N) is 1. The molecule has 0 saturated heterocycles.